The second-order valence-electron chi connectivity index (χ2n) is 6.68. The maximum absolute atomic E-state index is 12.9. The van der Waals surface area contributed by atoms with Crippen molar-refractivity contribution in [1.29, 1.82) is 0 Å². The summed E-state index contributed by atoms with van der Waals surface area (Å²) in [5.74, 6) is -0.0394. The summed E-state index contributed by atoms with van der Waals surface area (Å²) < 4.78 is 0. The van der Waals surface area contributed by atoms with E-state index in [4.69, 9.17) is 11.6 Å². The fourth-order valence-corrected chi connectivity index (χ4v) is 3.52. The second kappa shape index (κ2) is 8.31. The van der Waals surface area contributed by atoms with E-state index < -0.39 is 0 Å². The molecule has 0 atom stereocenters. The molecule has 5 nitrogen and oxygen atoms in total. The normalized spacial score (nSPS) is 14.0. The third-order valence-electron chi connectivity index (χ3n) is 4.78. The predicted molar refractivity (Wildman–Crippen MR) is 114 cm³/mol. The molecular weight excluding hydrogens is 372 g/mol. The molecule has 0 saturated carbocycles. The van der Waals surface area contributed by atoms with E-state index in [2.05, 4.69) is 27.3 Å². The molecule has 142 valence electrons. The van der Waals surface area contributed by atoms with Gasteiger partial charge < -0.3 is 15.1 Å². The highest BCUT2D eigenvalue weighted by Crippen LogP contribution is 2.21. The third kappa shape index (κ3) is 4.26. The van der Waals surface area contributed by atoms with E-state index in [1.54, 1.807) is 12.3 Å². The molecule has 0 aliphatic carbocycles. The summed E-state index contributed by atoms with van der Waals surface area (Å²) in [4.78, 5) is 21.3. The van der Waals surface area contributed by atoms with Crippen LogP contribution in [0.1, 0.15) is 10.5 Å². The molecule has 1 amide bonds. The van der Waals surface area contributed by atoms with Gasteiger partial charge in [0.2, 0.25) is 0 Å². The number of para-hydroxylation sites is 1. The number of rotatable bonds is 4. The van der Waals surface area contributed by atoms with Crippen molar-refractivity contribution >= 4 is 34.6 Å². The van der Waals surface area contributed by atoms with Crippen molar-refractivity contribution in [3.8, 4) is 0 Å². The molecular formula is C22H21ClN4O. The monoisotopic (exact) mass is 392 g/mol. The topological polar surface area (TPSA) is 48.5 Å². The molecule has 1 aromatic heterocycles. The standard InChI is InChI=1S/C22H21ClN4O/c23-17-5-4-6-18(15-17)25-19-9-10-24-21(16-19)22(28)27-13-11-26(12-14-27)20-7-2-1-3-8-20/h1-10,15-16H,11-14H2,(H,24,25). The van der Waals surface area contributed by atoms with Gasteiger partial charge in [0.1, 0.15) is 5.69 Å². The molecule has 0 bridgehead atoms. The number of piperazine rings is 1. The number of hydrogen-bond acceptors (Lipinski definition) is 4. The number of carbonyl (C=O) groups excluding carboxylic acids is 1. The Kier molecular flexibility index (Phi) is 5.44. The Morgan fingerprint density at radius 1 is 0.893 bits per heavy atom. The molecule has 0 spiro atoms. The number of pyridine rings is 1. The lowest BCUT2D eigenvalue weighted by atomic mass is 10.2. The maximum Gasteiger partial charge on any atom is 0.272 e. The van der Waals surface area contributed by atoms with Crippen LogP contribution in [0.2, 0.25) is 5.02 Å². The molecule has 3 aromatic rings. The Hall–Kier alpha value is -3.05. The van der Waals surface area contributed by atoms with E-state index in [1.165, 1.54) is 5.69 Å². The van der Waals surface area contributed by atoms with Gasteiger partial charge in [-0.2, -0.15) is 0 Å². The van der Waals surface area contributed by atoms with E-state index in [-0.39, 0.29) is 5.91 Å². The maximum atomic E-state index is 12.9. The quantitative estimate of drug-likeness (QED) is 0.713. The van der Waals surface area contributed by atoms with Crippen LogP contribution in [0, 0.1) is 0 Å². The number of amides is 1. The Bertz CT molecular complexity index is 956. The molecule has 2 heterocycles. The molecule has 1 N–H and O–H groups in total. The largest absolute Gasteiger partial charge is 0.368 e. The summed E-state index contributed by atoms with van der Waals surface area (Å²) in [7, 11) is 0. The van der Waals surface area contributed by atoms with Crippen molar-refractivity contribution in [3.05, 3.63) is 83.6 Å². The van der Waals surface area contributed by atoms with E-state index in [1.807, 2.05) is 53.4 Å². The molecule has 1 aliphatic rings. The average molecular weight is 393 g/mol. The fraction of sp³-hybridized carbons (Fsp3) is 0.182. The highest BCUT2D eigenvalue weighted by molar-refractivity contribution is 6.30. The lowest BCUT2D eigenvalue weighted by Gasteiger charge is -2.36. The van der Waals surface area contributed by atoms with Crippen molar-refractivity contribution < 1.29 is 4.79 Å². The summed E-state index contributed by atoms with van der Waals surface area (Å²) in [5.41, 5.74) is 3.32. The Morgan fingerprint density at radius 2 is 1.64 bits per heavy atom. The van der Waals surface area contributed by atoms with Gasteiger partial charge in [0.15, 0.2) is 0 Å². The van der Waals surface area contributed by atoms with Gasteiger partial charge in [-0.25, -0.2) is 0 Å². The summed E-state index contributed by atoms with van der Waals surface area (Å²) in [6.45, 7) is 3.00. The first kappa shape index (κ1) is 18.3. The van der Waals surface area contributed by atoms with Crippen molar-refractivity contribution in [2.45, 2.75) is 0 Å². The Morgan fingerprint density at radius 3 is 2.39 bits per heavy atom. The van der Waals surface area contributed by atoms with Gasteiger partial charge in [-0.05, 0) is 42.5 Å². The Balaban J connectivity index is 1.41. The Labute approximate surface area is 169 Å². The van der Waals surface area contributed by atoms with Crippen molar-refractivity contribution in [2.75, 3.05) is 36.4 Å². The molecule has 2 aromatic carbocycles. The molecule has 6 heteroatoms. The summed E-state index contributed by atoms with van der Waals surface area (Å²) >= 11 is 6.03. The zero-order valence-corrected chi connectivity index (χ0v) is 16.1. The van der Waals surface area contributed by atoms with Crippen molar-refractivity contribution in [2.24, 2.45) is 0 Å². The van der Waals surface area contributed by atoms with Crippen LogP contribution >= 0.6 is 11.6 Å². The van der Waals surface area contributed by atoms with Crippen LogP contribution in [0.15, 0.2) is 72.9 Å². The van der Waals surface area contributed by atoms with Crippen LogP contribution in [0.25, 0.3) is 0 Å². The summed E-state index contributed by atoms with van der Waals surface area (Å²) in [5, 5.41) is 3.93. The smallest absolute Gasteiger partial charge is 0.272 e. The number of nitrogens with zero attached hydrogens (tertiary/aromatic N) is 3. The van der Waals surface area contributed by atoms with Crippen molar-refractivity contribution in [3.63, 3.8) is 0 Å². The van der Waals surface area contributed by atoms with Crippen LogP contribution in [0.4, 0.5) is 17.1 Å². The number of benzene rings is 2. The number of nitrogens with one attached hydrogen (secondary N) is 1. The number of halogens is 1. The SMILES string of the molecule is O=C(c1cc(Nc2cccc(Cl)c2)ccn1)N1CCN(c2ccccc2)CC1. The zero-order valence-electron chi connectivity index (χ0n) is 15.4. The fourth-order valence-electron chi connectivity index (χ4n) is 3.33. The third-order valence-corrected chi connectivity index (χ3v) is 5.02. The zero-order chi connectivity index (χ0) is 19.3. The van der Waals surface area contributed by atoms with E-state index >= 15 is 0 Å². The minimum Gasteiger partial charge on any atom is -0.368 e. The first-order chi connectivity index (χ1) is 13.7. The molecule has 28 heavy (non-hydrogen) atoms. The summed E-state index contributed by atoms with van der Waals surface area (Å²) in [6.07, 6.45) is 1.65. The molecule has 1 aliphatic heterocycles. The minimum absolute atomic E-state index is 0.0394. The highest BCUT2D eigenvalue weighted by atomic mass is 35.5. The number of aromatic nitrogens is 1. The minimum atomic E-state index is -0.0394. The number of carbonyl (C=O) groups is 1. The number of anilines is 3. The van der Waals surface area contributed by atoms with Gasteiger partial charge >= 0.3 is 0 Å². The summed E-state index contributed by atoms with van der Waals surface area (Å²) in [6, 6.07) is 21.4. The predicted octanol–water partition coefficient (Wildman–Crippen LogP) is 4.44. The molecule has 1 saturated heterocycles. The molecule has 0 radical (unpaired) electrons. The van der Waals surface area contributed by atoms with Gasteiger partial charge in [-0.3, -0.25) is 9.78 Å². The van der Waals surface area contributed by atoms with Crippen LogP contribution in [0.5, 0.6) is 0 Å². The highest BCUT2D eigenvalue weighted by Gasteiger charge is 2.23. The van der Waals surface area contributed by atoms with Gasteiger partial charge in [-0.15, -0.1) is 0 Å². The van der Waals surface area contributed by atoms with Gasteiger partial charge in [0, 0.05) is 54.5 Å². The lowest BCUT2D eigenvalue weighted by Crippen LogP contribution is -2.49. The van der Waals surface area contributed by atoms with E-state index in [0.717, 1.165) is 24.5 Å². The van der Waals surface area contributed by atoms with Crippen molar-refractivity contribution in [1.82, 2.24) is 9.88 Å². The van der Waals surface area contributed by atoms with E-state index in [9.17, 15) is 4.79 Å². The molecule has 4 rings (SSSR count). The van der Waals surface area contributed by atoms with Crippen LogP contribution in [-0.2, 0) is 0 Å². The second-order valence-corrected chi connectivity index (χ2v) is 7.12. The van der Waals surface area contributed by atoms with E-state index in [0.29, 0.717) is 23.8 Å². The lowest BCUT2D eigenvalue weighted by molar-refractivity contribution is 0.0741. The van der Waals surface area contributed by atoms with Crippen LogP contribution in [0.3, 0.4) is 0 Å². The van der Waals surface area contributed by atoms with Gasteiger partial charge in [-0.1, -0.05) is 35.9 Å². The number of hydrogen-bond donors (Lipinski definition) is 1. The molecule has 1 fully saturated rings. The molecule has 0 unspecified atom stereocenters. The van der Waals surface area contributed by atoms with Gasteiger partial charge in [0.25, 0.3) is 5.91 Å². The first-order valence-corrected chi connectivity index (χ1v) is 9.65. The first-order valence-electron chi connectivity index (χ1n) is 9.27. The van der Waals surface area contributed by atoms with Gasteiger partial charge in [0.05, 0.1) is 0 Å². The van der Waals surface area contributed by atoms with Crippen LogP contribution < -0.4 is 10.2 Å². The average Bonchev–Trinajstić information content (AvgIpc) is 2.74. The van der Waals surface area contributed by atoms with Crippen LogP contribution in [-0.4, -0.2) is 42.0 Å².